The molecule has 5 rings (SSSR count). The highest BCUT2D eigenvalue weighted by Crippen LogP contribution is 2.27. The van der Waals surface area contributed by atoms with Gasteiger partial charge in [-0.15, -0.1) is 16.4 Å². The fourth-order valence-electron chi connectivity index (χ4n) is 2.94. The molecule has 0 aliphatic rings. The maximum atomic E-state index is 12.6. The van der Waals surface area contributed by atoms with E-state index in [4.69, 9.17) is 16.0 Å². The zero-order chi connectivity index (χ0) is 20.0. The van der Waals surface area contributed by atoms with Crippen LogP contribution in [0.25, 0.3) is 27.2 Å². The van der Waals surface area contributed by atoms with Crippen molar-refractivity contribution in [1.82, 2.24) is 14.6 Å². The number of aromatic nitrogens is 3. The van der Waals surface area contributed by atoms with Gasteiger partial charge in [0.25, 0.3) is 11.9 Å². The highest BCUT2D eigenvalue weighted by atomic mass is 35.5. The molecule has 0 bridgehead atoms. The van der Waals surface area contributed by atoms with Crippen molar-refractivity contribution in [3.8, 4) is 11.3 Å². The van der Waals surface area contributed by atoms with Crippen molar-refractivity contribution in [2.75, 3.05) is 5.32 Å². The van der Waals surface area contributed by atoms with Crippen molar-refractivity contribution in [2.24, 2.45) is 0 Å². The number of hydrogen-bond donors (Lipinski definition) is 1. The number of nitrogens with zero attached hydrogens (tertiary/aromatic N) is 3. The maximum absolute atomic E-state index is 12.6. The van der Waals surface area contributed by atoms with Crippen LogP contribution in [0.15, 0.2) is 69.2 Å². The van der Waals surface area contributed by atoms with Crippen LogP contribution >= 0.6 is 22.9 Å². The first kappa shape index (κ1) is 17.6. The van der Waals surface area contributed by atoms with Gasteiger partial charge in [-0.1, -0.05) is 41.9 Å². The molecule has 0 saturated carbocycles. The van der Waals surface area contributed by atoms with Crippen molar-refractivity contribution >= 4 is 50.7 Å². The van der Waals surface area contributed by atoms with Crippen LogP contribution in [0.5, 0.6) is 0 Å². The summed E-state index contributed by atoms with van der Waals surface area (Å²) in [5.74, 6) is -0.527. The van der Waals surface area contributed by atoms with Gasteiger partial charge in [0.2, 0.25) is 4.96 Å². The van der Waals surface area contributed by atoms with Crippen molar-refractivity contribution in [3.63, 3.8) is 0 Å². The largest absolute Gasteiger partial charge is 0.422 e. The van der Waals surface area contributed by atoms with Gasteiger partial charge in [-0.2, -0.15) is 4.98 Å². The Bertz CT molecular complexity index is 1440. The minimum Gasteiger partial charge on any atom is -0.422 e. The first-order chi connectivity index (χ1) is 14.1. The van der Waals surface area contributed by atoms with Crippen LogP contribution in [0.2, 0.25) is 5.02 Å². The van der Waals surface area contributed by atoms with Gasteiger partial charge in [0.1, 0.15) is 11.1 Å². The average Bonchev–Trinajstić information content (AvgIpc) is 3.28. The zero-order valence-electron chi connectivity index (χ0n) is 14.6. The molecule has 142 valence electrons. The summed E-state index contributed by atoms with van der Waals surface area (Å²) in [4.78, 5) is 29.7. The lowest BCUT2D eigenvalue weighted by Crippen LogP contribution is -2.21. The molecule has 5 aromatic rings. The molecular formula is C20H11ClN4O3S. The standard InChI is InChI=1S/C20H11ClN4O3S/c21-13-7-5-11(6-8-13)15-10-29-20-23-19(24-25(15)20)22-17(26)14-9-12-3-1-2-4-16(12)28-18(14)27/h1-10H,(H,22,24,26). The van der Waals surface area contributed by atoms with Gasteiger partial charge in [-0.3, -0.25) is 10.1 Å². The Labute approximate surface area is 172 Å². The molecule has 3 aromatic heterocycles. The first-order valence-corrected chi connectivity index (χ1v) is 9.79. The number of anilines is 1. The summed E-state index contributed by atoms with van der Waals surface area (Å²) in [6.45, 7) is 0. The summed E-state index contributed by atoms with van der Waals surface area (Å²) < 4.78 is 6.84. The number of benzene rings is 2. The molecule has 0 spiro atoms. The minimum atomic E-state index is -0.718. The van der Waals surface area contributed by atoms with Gasteiger partial charge in [0.05, 0.1) is 5.69 Å². The van der Waals surface area contributed by atoms with Crippen LogP contribution < -0.4 is 10.9 Å². The second kappa shape index (κ2) is 6.84. The Hall–Kier alpha value is -3.49. The van der Waals surface area contributed by atoms with Crippen LogP contribution in [0.3, 0.4) is 0 Å². The van der Waals surface area contributed by atoms with E-state index in [-0.39, 0.29) is 11.5 Å². The quantitative estimate of drug-likeness (QED) is 0.433. The molecular weight excluding hydrogens is 412 g/mol. The molecule has 29 heavy (non-hydrogen) atoms. The number of amides is 1. The summed E-state index contributed by atoms with van der Waals surface area (Å²) in [5.41, 5.74) is 1.32. The Balaban J connectivity index is 1.48. The third-order valence-corrected chi connectivity index (χ3v) is 5.40. The Morgan fingerprint density at radius 3 is 2.76 bits per heavy atom. The van der Waals surface area contributed by atoms with Gasteiger partial charge in [0.15, 0.2) is 0 Å². The van der Waals surface area contributed by atoms with Gasteiger partial charge in [-0.05, 0) is 24.3 Å². The molecule has 1 amide bonds. The molecule has 0 radical (unpaired) electrons. The molecule has 3 heterocycles. The van der Waals surface area contributed by atoms with Crippen molar-refractivity contribution in [1.29, 1.82) is 0 Å². The molecule has 0 saturated heterocycles. The summed E-state index contributed by atoms with van der Waals surface area (Å²) in [6, 6.07) is 15.8. The molecule has 9 heteroatoms. The second-order valence-electron chi connectivity index (χ2n) is 6.20. The minimum absolute atomic E-state index is 0.102. The van der Waals surface area contributed by atoms with E-state index in [0.717, 1.165) is 11.3 Å². The highest BCUT2D eigenvalue weighted by molar-refractivity contribution is 7.15. The van der Waals surface area contributed by atoms with E-state index < -0.39 is 11.5 Å². The number of carbonyl (C=O) groups is 1. The molecule has 0 atom stereocenters. The third kappa shape index (κ3) is 3.18. The number of nitrogens with one attached hydrogen (secondary N) is 1. The number of fused-ring (bicyclic) bond motifs is 2. The van der Waals surface area contributed by atoms with Crippen molar-refractivity contribution in [3.05, 3.63) is 81.0 Å². The molecule has 0 fully saturated rings. The number of halogens is 1. The summed E-state index contributed by atoms with van der Waals surface area (Å²) in [7, 11) is 0. The molecule has 0 aliphatic carbocycles. The van der Waals surface area contributed by atoms with Crippen LogP contribution in [-0.2, 0) is 0 Å². The molecule has 0 unspecified atom stereocenters. The van der Waals surface area contributed by atoms with E-state index >= 15 is 0 Å². The fraction of sp³-hybridized carbons (Fsp3) is 0. The zero-order valence-corrected chi connectivity index (χ0v) is 16.2. The van der Waals surface area contributed by atoms with Gasteiger partial charge < -0.3 is 4.42 Å². The van der Waals surface area contributed by atoms with E-state index in [2.05, 4.69) is 15.4 Å². The number of rotatable bonds is 3. The lowest BCUT2D eigenvalue weighted by atomic mass is 10.2. The van der Waals surface area contributed by atoms with Crippen LogP contribution in [0.1, 0.15) is 10.4 Å². The van der Waals surface area contributed by atoms with E-state index in [0.29, 0.717) is 21.0 Å². The molecule has 1 N–H and O–H groups in total. The first-order valence-electron chi connectivity index (χ1n) is 8.53. The number of hydrogen-bond acceptors (Lipinski definition) is 6. The third-order valence-electron chi connectivity index (χ3n) is 4.33. The van der Waals surface area contributed by atoms with Crippen molar-refractivity contribution in [2.45, 2.75) is 0 Å². The van der Waals surface area contributed by atoms with Gasteiger partial charge in [-0.25, -0.2) is 9.31 Å². The predicted molar refractivity (Wildman–Crippen MR) is 112 cm³/mol. The normalized spacial score (nSPS) is 11.2. The number of thiazole rings is 1. The SMILES string of the molecule is O=C(Nc1nc2scc(-c3ccc(Cl)cc3)n2n1)c1cc2ccccc2oc1=O. The molecule has 2 aromatic carbocycles. The topological polar surface area (TPSA) is 89.5 Å². The fourth-order valence-corrected chi connectivity index (χ4v) is 3.90. The summed E-state index contributed by atoms with van der Waals surface area (Å²) in [5, 5.41) is 10.1. The lowest BCUT2D eigenvalue weighted by Gasteiger charge is -2.02. The Morgan fingerprint density at radius 1 is 1.14 bits per heavy atom. The lowest BCUT2D eigenvalue weighted by molar-refractivity contribution is 0.102. The maximum Gasteiger partial charge on any atom is 0.349 e. The summed E-state index contributed by atoms with van der Waals surface area (Å²) >= 11 is 7.33. The van der Waals surface area contributed by atoms with E-state index in [1.165, 1.54) is 17.4 Å². The average molecular weight is 423 g/mol. The van der Waals surface area contributed by atoms with E-state index in [1.54, 1.807) is 40.9 Å². The van der Waals surface area contributed by atoms with E-state index in [9.17, 15) is 9.59 Å². The van der Waals surface area contributed by atoms with Crippen LogP contribution in [-0.4, -0.2) is 20.5 Å². The Kier molecular flexibility index (Phi) is 4.15. The van der Waals surface area contributed by atoms with Crippen LogP contribution in [0, 0.1) is 0 Å². The molecule has 0 aliphatic heterocycles. The summed E-state index contributed by atoms with van der Waals surface area (Å²) in [6.07, 6.45) is 0. The number of para-hydroxylation sites is 1. The van der Waals surface area contributed by atoms with Gasteiger partial charge in [0, 0.05) is 21.4 Å². The monoisotopic (exact) mass is 422 g/mol. The predicted octanol–water partition coefficient (Wildman–Crippen LogP) is 4.47. The van der Waals surface area contributed by atoms with Crippen molar-refractivity contribution < 1.29 is 9.21 Å². The van der Waals surface area contributed by atoms with Crippen LogP contribution in [0.4, 0.5) is 5.95 Å². The Morgan fingerprint density at radius 2 is 1.93 bits per heavy atom. The van der Waals surface area contributed by atoms with E-state index in [1.807, 2.05) is 17.5 Å². The highest BCUT2D eigenvalue weighted by Gasteiger charge is 2.17. The second-order valence-corrected chi connectivity index (χ2v) is 7.47. The van der Waals surface area contributed by atoms with Gasteiger partial charge >= 0.3 is 5.63 Å². The smallest absolute Gasteiger partial charge is 0.349 e. The molecule has 7 nitrogen and oxygen atoms in total. The number of carbonyl (C=O) groups excluding carboxylic acids is 1.